The molecule has 1 aromatic rings. The molecule has 4 rings (SSSR count). The van der Waals surface area contributed by atoms with Gasteiger partial charge in [0.15, 0.2) is 0 Å². The van der Waals surface area contributed by atoms with Crippen LogP contribution in [0.1, 0.15) is 31.2 Å². The van der Waals surface area contributed by atoms with Crippen molar-refractivity contribution >= 4 is 18.0 Å². The molecule has 0 radical (unpaired) electrons. The summed E-state index contributed by atoms with van der Waals surface area (Å²) in [4.78, 5) is 41.1. The van der Waals surface area contributed by atoms with Crippen LogP contribution in [0.25, 0.3) is 0 Å². The monoisotopic (exact) mass is 572 g/mol. The SMILES string of the molecule is O=C(N1CCCC1)N1CCC2(CC1)CN(Cc1cccnc1)CCO2.O=C(O)C(F)(F)F.O=C(O)C(F)(F)F. The van der Waals surface area contributed by atoms with Crippen LogP contribution < -0.4 is 0 Å². The first-order valence-electron chi connectivity index (χ1n) is 12.0. The summed E-state index contributed by atoms with van der Waals surface area (Å²) in [7, 11) is 0. The van der Waals surface area contributed by atoms with Crippen LogP contribution in [0.15, 0.2) is 24.5 Å². The lowest BCUT2D eigenvalue weighted by Crippen LogP contribution is -2.58. The number of urea groups is 1. The highest BCUT2D eigenvalue weighted by Gasteiger charge is 2.41. The van der Waals surface area contributed by atoms with Gasteiger partial charge in [-0.15, -0.1) is 0 Å². The Morgan fingerprint density at radius 1 is 0.897 bits per heavy atom. The van der Waals surface area contributed by atoms with Gasteiger partial charge in [-0.3, -0.25) is 9.88 Å². The molecule has 220 valence electrons. The van der Waals surface area contributed by atoms with E-state index in [-0.39, 0.29) is 11.6 Å². The first-order chi connectivity index (χ1) is 18.1. The first kappa shape index (κ1) is 32.1. The molecule has 16 heteroatoms. The highest BCUT2D eigenvalue weighted by Crippen LogP contribution is 2.31. The maximum atomic E-state index is 12.6. The van der Waals surface area contributed by atoms with Crippen molar-refractivity contribution in [2.24, 2.45) is 0 Å². The molecule has 39 heavy (non-hydrogen) atoms. The molecule has 3 aliphatic heterocycles. The van der Waals surface area contributed by atoms with E-state index < -0.39 is 24.3 Å². The van der Waals surface area contributed by atoms with Crippen LogP contribution in [0.3, 0.4) is 0 Å². The number of ether oxygens (including phenoxy) is 1. The summed E-state index contributed by atoms with van der Waals surface area (Å²) in [6.45, 7) is 7.11. The van der Waals surface area contributed by atoms with Crippen molar-refractivity contribution in [1.82, 2.24) is 19.7 Å². The van der Waals surface area contributed by atoms with E-state index >= 15 is 0 Å². The zero-order valence-corrected chi connectivity index (χ0v) is 20.9. The number of morpholine rings is 1. The van der Waals surface area contributed by atoms with Gasteiger partial charge < -0.3 is 24.7 Å². The van der Waals surface area contributed by atoms with Crippen molar-refractivity contribution in [1.29, 1.82) is 0 Å². The molecule has 1 spiro atoms. The highest BCUT2D eigenvalue weighted by atomic mass is 19.4. The number of aromatic nitrogens is 1. The summed E-state index contributed by atoms with van der Waals surface area (Å²) < 4.78 is 69.7. The fourth-order valence-corrected chi connectivity index (χ4v) is 4.32. The number of rotatable bonds is 2. The lowest BCUT2D eigenvalue weighted by Gasteiger charge is -2.47. The third-order valence-electron chi connectivity index (χ3n) is 6.26. The van der Waals surface area contributed by atoms with Crippen molar-refractivity contribution in [3.05, 3.63) is 30.1 Å². The molecule has 0 bridgehead atoms. The fourth-order valence-electron chi connectivity index (χ4n) is 4.32. The van der Waals surface area contributed by atoms with E-state index in [4.69, 9.17) is 24.5 Å². The van der Waals surface area contributed by atoms with Gasteiger partial charge in [0.1, 0.15) is 0 Å². The lowest BCUT2D eigenvalue weighted by atomic mass is 9.89. The van der Waals surface area contributed by atoms with Gasteiger partial charge in [0.25, 0.3) is 0 Å². The van der Waals surface area contributed by atoms with Crippen LogP contribution in [0.5, 0.6) is 0 Å². The molecule has 3 aliphatic rings. The molecular formula is C23H30F6N4O6. The highest BCUT2D eigenvalue weighted by molar-refractivity contribution is 5.75. The number of nitrogens with zero attached hydrogens (tertiary/aromatic N) is 4. The van der Waals surface area contributed by atoms with E-state index in [9.17, 15) is 31.1 Å². The number of amides is 2. The normalized spacial score (nSPS) is 19.4. The molecule has 2 N–H and O–H groups in total. The van der Waals surface area contributed by atoms with Crippen LogP contribution in [-0.2, 0) is 20.9 Å². The number of carboxylic acid groups (broad SMARTS) is 2. The number of carbonyl (C=O) groups is 3. The van der Waals surface area contributed by atoms with Crippen molar-refractivity contribution in [2.75, 3.05) is 45.9 Å². The molecule has 0 saturated carbocycles. The zero-order chi connectivity index (χ0) is 29.3. The third-order valence-corrected chi connectivity index (χ3v) is 6.26. The topological polar surface area (TPSA) is 124 Å². The third kappa shape index (κ3) is 10.5. The average Bonchev–Trinajstić information content (AvgIpc) is 3.40. The van der Waals surface area contributed by atoms with E-state index in [1.807, 2.05) is 28.3 Å². The molecular weight excluding hydrogens is 542 g/mol. The summed E-state index contributed by atoms with van der Waals surface area (Å²) >= 11 is 0. The summed E-state index contributed by atoms with van der Waals surface area (Å²) in [6.07, 6.45) is -2.23. The van der Waals surface area contributed by atoms with Crippen molar-refractivity contribution in [3.8, 4) is 0 Å². The Bertz CT molecular complexity index is 925. The Balaban J connectivity index is 0.000000317. The summed E-state index contributed by atoms with van der Waals surface area (Å²) in [5.74, 6) is -5.51. The number of carboxylic acids is 2. The molecule has 0 aromatic carbocycles. The van der Waals surface area contributed by atoms with Gasteiger partial charge in [-0.2, -0.15) is 26.3 Å². The van der Waals surface area contributed by atoms with Gasteiger partial charge in [0, 0.05) is 58.2 Å². The van der Waals surface area contributed by atoms with Crippen molar-refractivity contribution < 1.29 is 55.7 Å². The van der Waals surface area contributed by atoms with Crippen LogP contribution in [0, 0.1) is 0 Å². The Hall–Kier alpha value is -3.14. The minimum Gasteiger partial charge on any atom is -0.475 e. The number of hydrogen-bond acceptors (Lipinski definition) is 6. The Kier molecular flexibility index (Phi) is 11.3. The average molecular weight is 573 g/mol. The molecule has 3 saturated heterocycles. The second-order valence-electron chi connectivity index (χ2n) is 9.17. The van der Waals surface area contributed by atoms with Crippen LogP contribution >= 0.6 is 0 Å². The minimum absolute atomic E-state index is 0.0811. The van der Waals surface area contributed by atoms with Crippen molar-refractivity contribution in [2.45, 2.75) is 50.2 Å². The van der Waals surface area contributed by atoms with E-state index in [0.717, 1.165) is 78.1 Å². The molecule has 3 fully saturated rings. The molecule has 0 aliphatic carbocycles. The Morgan fingerprint density at radius 2 is 1.41 bits per heavy atom. The quantitative estimate of drug-likeness (QED) is 0.518. The maximum absolute atomic E-state index is 12.6. The minimum atomic E-state index is -5.08. The predicted molar refractivity (Wildman–Crippen MR) is 123 cm³/mol. The smallest absolute Gasteiger partial charge is 0.475 e. The first-order valence-corrected chi connectivity index (χ1v) is 12.0. The molecule has 4 heterocycles. The van der Waals surface area contributed by atoms with E-state index in [0.29, 0.717) is 0 Å². The molecule has 10 nitrogen and oxygen atoms in total. The van der Waals surface area contributed by atoms with Crippen LogP contribution in [0.4, 0.5) is 31.1 Å². The standard InChI is InChI=1S/C19H28N4O2.2C2HF3O2/c24-18(22-8-1-2-9-22)23-10-5-19(6-11-23)16-21(12-13-25-19)15-17-4-3-7-20-14-17;2*3-2(4,5)1(6)7/h3-4,7,14H,1-2,5-6,8-13,15-16H2;2*(H,6,7). The summed E-state index contributed by atoms with van der Waals surface area (Å²) in [6, 6.07) is 4.36. The molecule has 1 aromatic heterocycles. The second kappa shape index (κ2) is 13.8. The maximum Gasteiger partial charge on any atom is 0.490 e. The van der Waals surface area contributed by atoms with Crippen molar-refractivity contribution in [3.63, 3.8) is 0 Å². The Morgan fingerprint density at radius 3 is 1.87 bits per heavy atom. The van der Waals surface area contributed by atoms with E-state index in [1.165, 1.54) is 5.56 Å². The number of likely N-dealkylation sites (tertiary alicyclic amines) is 2. The van der Waals surface area contributed by atoms with Gasteiger partial charge in [-0.25, -0.2) is 14.4 Å². The van der Waals surface area contributed by atoms with Crippen LogP contribution in [-0.4, -0.2) is 112 Å². The summed E-state index contributed by atoms with van der Waals surface area (Å²) in [5.41, 5.74) is 1.17. The van der Waals surface area contributed by atoms with Gasteiger partial charge in [0.05, 0.1) is 12.2 Å². The van der Waals surface area contributed by atoms with E-state index in [2.05, 4.69) is 16.0 Å². The zero-order valence-electron chi connectivity index (χ0n) is 20.9. The Labute approximate surface area is 220 Å². The number of aliphatic carboxylic acids is 2. The number of pyridine rings is 1. The van der Waals surface area contributed by atoms with Gasteiger partial charge in [0.2, 0.25) is 0 Å². The molecule has 0 unspecified atom stereocenters. The van der Waals surface area contributed by atoms with E-state index in [1.54, 1.807) is 0 Å². The molecule has 0 atom stereocenters. The number of carbonyl (C=O) groups excluding carboxylic acids is 1. The number of halogens is 6. The van der Waals surface area contributed by atoms with Gasteiger partial charge >= 0.3 is 30.3 Å². The largest absolute Gasteiger partial charge is 0.490 e. The number of piperidine rings is 1. The predicted octanol–water partition coefficient (Wildman–Crippen LogP) is 3.23. The lowest BCUT2D eigenvalue weighted by molar-refractivity contribution is -0.193. The number of alkyl halides is 6. The van der Waals surface area contributed by atoms with Gasteiger partial charge in [-0.05, 0) is 37.3 Å². The molecule has 2 amide bonds. The van der Waals surface area contributed by atoms with Crippen LogP contribution in [0.2, 0.25) is 0 Å². The fraction of sp³-hybridized carbons (Fsp3) is 0.652. The van der Waals surface area contributed by atoms with Gasteiger partial charge in [-0.1, -0.05) is 6.07 Å². The second-order valence-corrected chi connectivity index (χ2v) is 9.17. The number of hydrogen-bond donors (Lipinski definition) is 2. The summed E-state index contributed by atoms with van der Waals surface area (Å²) in [5, 5.41) is 14.2.